The zero-order valence-corrected chi connectivity index (χ0v) is 13.5. The Morgan fingerprint density at radius 2 is 1.88 bits per heavy atom. The fourth-order valence-corrected chi connectivity index (χ4v) is 2.71. The second kappa shape index (κ2) is 6.16. The summed E-state index contributed by atoms with van der Waals surface area (Å²) in [4.78, 5) is 21.0. The minimum absolute atomic E-state index is 0.200. The molecule has 0 radical (unpaired) electrons. The molecule has 4 rings (SSSR count). The molecule has 4 aromatic rings. The van der Waals surface area contributed by atoms with Crippen molar-refractivity contribution < 1.29 is 0 Å². The molecule has 0 unspecified atom stereocenters. The monoisotopic (exact) mass is 329 g/mol. The molecule has 0 bridgehead atoms. The van der Waals surface area contributed by atoms with Gasteiger partial charge in [0.05, 0.1) is 11.2 Å². The summed E-state index contributed by atoms with van der Waals surface area (Å²) in [5, 5.41) is 8.50. The van der Waals surface area contributed by atoms with E-state index < -0.39 is 0 Å². The molecule has 3 aromatic heterocycles. The molecule has 6 heteroatoms. The highest BCUT2D eigenvalue weighted by atomic mass is 16.1. The van der Waals surface area contributed by atoms with Crippen LogP contribution in [0.1, 0.15) is 0 Å². The van der Waals surface area contributed by atoms with Crippen molar-refractivity contribution in [2.45, 2.75) is 0 Å². The van der Waals surface area contributed by atoms with E-state index in [9.17, 15) is 4.79 Å². The second-order valence-corrected chi connectivity index (χ2v) is 5.61. The van der Waals surface area contributed by atoms with Crippen molar-refractivity contribution in [3.05, 3.63) is 77.5 Å². The van der Waals surface area contributed by atoms with Crippen LogP contribution >= 0.6 is 0 Å². The van der Waals surface area contributed by atoms with E-state index in [4.69, 9.17) is 0 Å². The van der Waals surface area contributed by atoms with Crippen LogP contribution in [0.4, 0.5) is 11.4 Å². The van der Waals surface area contributed by atoms with Gasteiger partial charge in [-0.2, -0.15) is 5.10 Å². The molecule has 0 atom stereocenters. The van der Waals surface area contributed by atoms with Crippen molar-refractivity contribution in [2.24, 2.45) is 7.05 Å². The molecule has 1 aromatic carbocycles. The molecular weight excluding hydrogens is 314 g/mol. The predicted molar refractivity (Wildman–Crippen MR) is 97.7 cm³/mol. The van der Waals surface area contributed by atoms with Gasteiger partial charge >= 0.3 is 0 Å². The number of nitrogens with one attached hydrogen (secondary N) is 1. The van der Waals surface area contributed by atoms with Gasteiger partial charge in [-0.25, -0.2) is 4.68 Å². The van der Waals surface area contributed by atoms with Crippen LogP contribution in [0.2, 0.25) is 0 Å². The average Bonchev–Trinajstić information content (AvgIpc) is 2.66. The van der Waals surface area contributed by atoms with E-state index in [2.05, 4.69) is 20.4 Å². The quantitative estimate of drug-likeness (QED) is 0.625. The third-order valence-corrected chi connectivity index (χ3v) is 3.94. The molecule has 0 saturated heterocycles. The van der Waals surface area contributed by atoms with Gasteiger partial charge in [-0.15, -0.1) is 0 Å². The second-order valence-electron chi connectivity index (χ2n) is 5.61. The van der Waals surface area contributed by atoms with Crippen molar-refractivity contribution in [1.29, 1.82) is 0 Å². The predicted octanol–water partition coefficient (Wildman–Crippen LogP) is 3.13. The van der Waals surface area contributed by atoms with Crippen LogP contribution in [0.25, 0.3) is 22.2 Å². The molecule has 25 heavy (non-hydrogen) atoms. The molecule has 6 nitrogen and oxygen atoms in total. The third kappa shape index (κ3) is 2.85. The first-order chi connectivity index (χ1) is 12.2. The van der Waals surface area contributed by atoms with Gasteiger partial charge in [-0.3, -0.25) is 14.8 Å². The standard InChI is InChI=1S/C19H15N5O/c1-24-19(25)18(11-17(23-24)13-5-3-9-20-12-13)22-16-8-2-7-15-14(16)6-4-10-21-15/h2-12,22H,1H3. The Balaban J connectivity index is 1.83. The molecule has 122 valence electrons. The summed E-state index contributed by atoms with van der Waals surface area (Å²) in [7, 11) is 1.64. The normalized spacial score (nSPS) is 10.8. The number of aryl methyl sites for hydroxylation is 1. The minimum atomic E-state index is -0.200. The molecular formula is C19H15N5O. The molecule has 0 aliphatic carbocycles. The zero-order valence-electron chi connectivity index (χ0n) is 13.5. The zero-order chi connectivity index (χ0) is 17.2. The largest absolute Gasteiger partial charge is 0.350 e. The molecule has 3 heterocycles. The fourth-order valence-electron chi connectivity index (χ4n) is 2.71. The van der Waals surface area contributed by atoms with Gasteiger partial charge in [0, 0.05) is 42.3 Å². The van der Waals surface area contributed by atoms with Gasteiger partial charge in [0.25, 0.3) is 5.56 Å². The first-order valence-corrected chi connectivity index (χ1v) is 7.82. The molecule has 0 spiro atoms. The Kier molecular flexibility index (Phi) is 3.70. The average molecular weight is 329 g/mol. The van der Waals surface area contributed by atoms with Crippen molar-refractivity contribution in [3.63, 3.8) is 0 Å². The maximum atomic E-state index is 12.5. The number of pyridine rings is 2. The van der Waals surface area contributed by atoms with E-state index in [-0.39, 0.29) is 5.56 Å². The van der Waals surface area contributed by atoms with Crippen LogP contribution in [0.15, 0.2) is 71.9 Å². The third-order valence-electron chi connectivity index (χ3n) is 3.94. The number of aromatic nitrogens is 4. The highest BCUT2D eigenvalue weighted by molar-refractivity contribution is 5.93. The Morgan fingerprint density at radius 3 is 2.72 bits per heavy atom. The lowest BCUT2D eigenvalue weighted by Gasteiger charge is -2.11. The SMILES string of the molecule is Cn1nc(-c2cccnc2)cc(Nc2cccc3ncccc23)c1=O. The Labute approximate surface area is 143 Å². The molecule has 0 amide bonds. The maximum absolute atomic E-state index is 12.5. The van der Waals surface area contributed by atoms with Crippen molar-refractivity contribution in [3.8, 4) is 11.3 Å². The maximum Gasteiger partial charge on any atom is 0.290 e. The number of benzene rings is 1. The van der Waals surface area contributed by atoms with Crippen LogP contribution in [-0.2, 0) is 7.05 Å². The number of hydrogen-bond acceptors (Lipinski definition) is 5. The number of hydrogen-bond donors (Lipinski definition) is 1. The molecule has 0 aliphatic heterocycles. The van der Waals surface area contributed by atoms with E-state index >= 15 is 0 Å². The minimum Gasteiger partial charge on any atom is -0.350 e. The summed E-state index contributed by atoms with van der Waals surface area (Å²) in [6.07, 6.45) is 5.17. The van der Waals surface area contributed by atoms with Crippen LogP contribution in [0.5, 0.6) is 0 Å². The van der Waals surface area contributed by atoms with Gasteiger partial charge in [-0.05, 0) is 42.5 Å². The smallest absolute Gasteiger partial charge is 0.290 e. The lowest BCUT2D eigenvalue weighted by atomic mass is 10.1. The summed E-state index contributed by atoms with van der Waals surface area (Å²) in [5.41, 5.74) is 3.47. The molecule has 1 N–H and O–H groups in total. The number of anilines is 2. The van der Waals surface area contributed by atoms with E-state index in [1.165, 1.54) is 4.68 Å². The first kappa shape index (κ1) is 15.0. The Bertz CT molecular complexity index is 1100. The highest BCUT2D eigenvalue weighted by Gasteiger charge is 2.10. The van der Waals surface area contributed by atoms with E-state index in [0.717, 1.165) is 22.2 Å². The fraction of sp³-hybridized carbons (Fsp3) is 0.0526. The van der Waals surface area contributed by atoms with Crippen LogP contribution in [0.3, 0.4) is 0 Å². The summed E-state index contributed by atoms with van der Waals surface area (Å²) in [6.45, 7) is 0. The van der Waals surface area contributed by atoms with Crippen molar-refractivity contribution in [2.75, 3.05) is 5.32 Å². The van der Waals surface area contributed by atoms with Gasteiger partial charge in [0.2, 0.25) is 0 Å². The van der Waals surface area contributed by atoms with Crippen LogP contribution < -0.4 is 10.9 Å². The van der Waals surface area contributed by atoms with Crippen LogP contribution in [0, 0.1) is 0 Å². The van der Waals surface area contributed by atoms with E-state index in [1.54, 1.807) is 31.7 Å². The Morgan fingerprint density at radius 1 is 1.00 bits per heavy atom. The summed E-state index contributed by atoms with van der Waals surface area (Å²) in [5.74, 6) is 0. The Hall–Kier alpha value is -3.54. The number of nitrogens with zero attached hydrogens (tertiary/aromatic N) is 4. The summed E-state index contributed by atoms with van der Waals surface area (Å²) in [6, 6.07) is 15.1. The molecule has 0 saturated carbocycles. The number of fused-ring (bicyclic) bond motifs is 1. The lowest BCUT2D eigenvalue weighted by Crippen LogP contribution is -2.22. The van der Waals surface area contributed by atoms with E-state index in [0.29, 0.717) is 11.4 Å². The van der Waals surface area contributed by atoms with E-state index in [1.807, 2.05) is 42.5 Å². The first-order valence-electron chi connectivity index (χ1n) is 7.82. The summed E-state index contributed by atoms with van der Waals surface area (Å²) >= 11 is 0. The number of rotatable bonds is 3. The topological polar surface area (TPSA) is 72.7 Å². The van der Waals surface area contributed by atoms with Gasteiger partial charge in [-0.1, -0.05) is 6.07 Å². The summed E-state index contributed by atoms with van der Waals surface area (Å²) < 4.78 is 1.33. The van der Waals surface area contributed by atoms with Crippen molar-refractivity contribution >= 4 is 22.3 Å². The lowest BCUT2D eigenvalue weighted by molar-refractivity contribution is 0.714. The molecule has 0 aliphatic rings. The van der Waals surface area contributed by atoms with Gasteiger partial charge < -0.3 is 5.32 Å². The van der Waals surface area contributed by atoms with Crippen molar-refractivity contribution in [1.82, 2.24) is 19.7 Å². The van der Waals surface area contributed by atoms with Gasteiger partial charge in [0.15, 0.2) is 0 Å². The van der Waals surface area contributed by atoms with Crippen LogP contribution in [-0.4, -0.2) is 19.7 Å². The highest BCUT2D eigenvalue weighted by Crippen LogP contribution is 2.25. The van der Waals surface area contributed by atoms with Gasteiger partial charge in [0.1, 0.15) is 5.69 Å². The molecule has 0 fully saturated rings.